The minimum Gasteiger partial charge on any atom is -0.465 e. The molecule has 0 saturated carbocycles. The summed E-state index contributed by atoms with van der Waals surface area (Å²) in [6.07, 6.45) is 2.30. The van der Waals surface area contributed by atoms with Crippen LogP contribution < -0.4 is 4.90 Å². The van der Waals surface area contributed by atoms with E-state index in [1.807, 2.05) is 30.3 Å². The molecule has 3 aliphatic rings. The monoisotopic (exact) mass is 421 g/mol. The smallest absolute Gasteiger partial charge is 0.302 e. The Bertz CT molecular complexity index is 959. The fourth-order valence-corrected chi connectivity index (χ4v) is 5.36. The predicted octanol–water partition coefficient (Wildman–Crippen LogP) is 4.97. The van der Waals surface area contributed by atoms with E-state index in [9.17, 15) is 14.4 Å². The summed E-state index contributed by atoms with van der Waals surface area (Å²) in [5, 5.41) is 0. The van der Waals surface area contributed by atoms with Gasteiger partial charge in [0.1, 0.15) is 6.61 Å². The number of ketones is 2. The highest BCUT2D eigenvalue weighted by molar-refractivity contribution is 6.06. The van der Waals surface area contributed by atoms with Gasteiger partial charge in [0, 0.05) is 48.0 Å². The van der Waals surface area contributed by atoms with Crippen molar-refractivity contribution < 1.29 is 19.1 Å². The minimum atomic E-state index is -0.485. The maximum Gasteiger partial charge on any atom is 0.302 e. The summed E-state index contributed by atoms with van der Waals surface area (Å²) < 4.78 is 5.39. The van der Waals surface area contributed by atoms with Crippen molar-refractivity contribution in [1.82, 2.24) is 0 Å². The average molecular weight is 422 g/mol. The Labute approximate surface area is 184 Å². The quantitative estimate of drug-likeness (QED) is 0.645. The van der Waals surface area contributed by atoms with Gasteiger partial charge in [-0.3, -0.25) is 14.4 Å². The van der Waals surface area contributed by atoms with Crippen LogP contribution in [-0.4, -0.2) is 24.1 Å². The summed E-state index contributed by atoms with van der Waals surface area (Å²) in [6, 6.07) is 9.98. The number of rotatable bonds is 3. The molecule has 0 fully saturated rings. The Hall–Kier alpha value is -2.69. The second-order valence-corrected chi connectivity index (χ2v) is 10.6. The predicted molar refractivity (Wildman–Crippen MR) is 119 cm³/mol. The summed E-state index contributed by atoms with van der Waals surface area (Å²) in [6.45, 7) is 9.84. The molecule has 5 heteroatoms. The number of hydrogen-bond acceptors (Lipinski definition) is 5. The van der Waals surface area contributed by atoms with Crippen molar-refractivity contribution in [3.8, 4) is 0 Å². The molecule has 0 N–H and O–H groups in total. The molecule has 164 valence electrons. The van der Waals surface area contributed by atoms with Crippen LogP contribution in [0.5, 0.6) is 0 Å². The molecule has 0 spiro atoms. The summed E-state index contributed by atoms with van der Waals surface area (Å²) in [5.74, 6) is -0.787. The molecule has 5 nitrogen and oxygen atoms in total. The van der Waals surface area contributed by atoms with Gasteiger partial charge < -0.3 is 9.64 Å². The molecule has 1 aromatic rings. The molecule has 0 amide bonds. The van der Waals surface area contributed by atoms with Crippen molar-refractivity contribution in [2.24, 2.45) is 16.7 Å². The third-order valence-electron chi connectivity index (χ3n) is 6.50. The number of esters is 1. The van der Waals surface area contributed by atoms with Crippen LogP contribution in [0.25, 0.3) is 0 Å². The molecule has 0 saturated heterocycles. The topological polar surface area (TPSA) is 63.7 Å². The Morgan fingerprint density at radius 2 is 1.39 bits per heavy atom. The molecule has 0 unspecified atom stereocenters. The Kier molecular flexibility index (Phi) is 5.19. The molecule has 1 aromatic carbocycles. The highest BCUT2D eigenvalue weighted by atomic mass is 16.5. The summed E-state index contributed by atoms with van der Waals surface area (Å²) >= 11 is 0. The first kappa shape index (κ1) is 21.5. The number of Topliss-reactive ketones (excluding diaryl/α,β-unsaturated/α-hetero) is 2. The molecular formula is C26H31NO4. The Morgan fingerprint density at radius 3 is 1.84 bits per heavy atom. The first-order valence-corrected chi connectivity index (χ1v) is 11.0. The fraction of sp³-hybridized carbons (Fsp3) is 0.500. The number of carbonyl (C=O) groups is 3. The van der Waals surface area contributed by atoms with Crippen LogP contribution in [0.1, 0.15) is 60.3 Å². The van der Waals surface area contributed by atoms with Gasteiger partial charge in [0.25, 0.3) is 0 Å². The van der Waals surface area contributed by atoms with Gasteiger partial charge in [0.2, 0.25) is 0 Å². The van der Waals surface area contributed by atoms with Gasteiger partial charge in [0.15, 0.2) is 11.6 Å². The lowest BCUT2D eigenvalue weighted by Crippen LogP contribution is -2.46. The van der Waals surface area contributed by atoms with E-state index in [-0.39, 0.29) is 29.0 Å². The first-order valence-electron chi connectivity index (χ1n) is 11.0. The van der Waals surface area contributed by atoms with E-state index in [0.29, 0.717) is 24.0 Å². The minimum absolute atomic E-state index is 0.0357. The van der Waals surface area contributed by atoms with Crippen LogP contribution in [-0.2, 0) is 19.1 Å². The van der Waals surface area contributed by atoms with Crippen molar-refractivity contribution in [3.05, 3.63) is 52.9 Å². The van der Waals surface area contributed by atoms with Crippen LogP contribution >= 0.6 is 0 Å². The number of nitrogens with zero attached hydrogens (tertiary/aromatic N) is 1. The third kappa shape index (κ3) is 3.98. The lowest BCUT2D eigenvalue weighted by Gasteiger charge is -2.48. The van der Waals surface area contributed by atoms with Gasteiger partial charge in [-0.25, -0.2) is 0 Å². The SMILES string of the molecule is CC(=O)OCC1C2=C(CC(C)(C)CC2=O)N(c2ccccc2)C2=C1C(=O)CC(C)(C)C2. The number of carbonyl (C=O) groups excluding carboxylic acids is 3. The van der Waals surface area contributed by atoms with Crippen molar-refractivity contribution >= 4 is 23.2 Å². The maximum atomic E-state index is 13.4. The number of para-hydroxylation sites is 1. The molecule has 2 aliphatic carbocycles. The van der Waals surface area contributed by atoms with Crippen molar-refractivity contribution in [2.45, 2.75) is 60.3 Å². The Balaban J connectivity index is 1.96. The molecule has 4 rings (SSSR count). The normalized spacial score (nSPS) is 22.9. The number of ether oxygens (including phenoxy) is 1. The van der Waals surface area contributed by atoms with E-state index < -0.39 is 11.9 Å². The van der Waals surface area contributed by atoms with Crippen molar-refractivity contribution in [3.63, 3.8) is 0 Å². The average Bonchev–Trinajstić information content (AvgIpc) is 2.63. The van der Waals surface area contributed by atoms with Crippen LogP contribution in [0.3, 0.4) is 0 Å². The fourth-order valence-electron chi connectivity index (χ4n) is 5.36. The van der Waals surface area contributed by atoms with E-state index in [4.69, 9.17) is 4.74 Å². The van der Waals surface area contributed by atoms with Crippen LogP contribution in [0.2, 0.25) is 0 Å². The maximum absolute atomic E-state index is 13.4. The number of allylic oxidation sites excluding steroid dienone is 2. The van der Waals surface area contributed by atoms with Crippen LogP contribution in [0, 0.1) is 16.7 Å². The zero-order valence-electron chi connectivity index (χ0n) is 19.1. The second-order valence-electron chi connectivity index (χ2n) is 10.6. The number of hydrogen-bond donors (Lipinski definition) is 0. The highest BCUT2D eigenvalue weighted by Crippen LogP contribution is 2.52. The molecule has 0 radical (unpaired) electrons. The van der Waals surface area contributed by atoms with Gasteiger partial charge in [0.05, 0.1) is 5.92 Å². The molecule has 1 heterocycles. The van der Waals surface area contributed by atoms with Crippen LogP contribution in [0.4, 0.5) is 5.69 Å². The summed E-state index contributed by atoms with van der Waals surface area (Å²) in [5.41, 5.74) is 3.81. The summed E-state index contributed by atoms with van der Waals surface area (Å²) in [4.78, 5) is 40.6. The van der Waals surface area contributed by atoms with Gasteiger partial charge in [-0.05, 0) is 35.8 Å². The highest BCUT2D eigenvalue weighted by Gasteiger charge is 2.49. The molecule has 1 aliphatic heterocycles. The van der Waals surface area contributed by atoms with Gasteiger partial charge in [-0.2, -0.15) is 0 Å². The van der Waals surface area contributed by atoms with Crippen LogP contribution in [0.15, 0.2) is 52.9 Å². The molecule has 0 aromatic heterocycles. The second kappa shape index (κ2) is 7.47. The van der Waals surface area contributed by atoms with E-state index in [1.54, 1.807) is 0 Å². The largest absolute Gasteiger partial charge is 0.465 e. The van der Waals surface area contributed by atoms with E-state index in [1.165, 1.54) is 6.92 Å². The lowest BCUT2D eigenvalue weighted by atomic mass is 9.65. The van der Waals surface area contributed by atoms with Gasteiger partial charge in [-0.15, -0.1) is 0 Å². The number of anilines is 1. The van der Waals surface area contributed by atoms with Crippen molar-refractivity contribution in [2.75, 3.05) is 11.5 Å². The molecular weight excluding hydrogens is 390 g/mol. The number of benzene rings is 1. The Morgan fingerprint density at radius 1 is 0.903 bits per heavy atom. The van der Waals surface area contributed by atoms with Gasteiger partial charge in [-0.1, -0.05) is 45.9 Å². The molecule has 0 atom stereocenters. The first-order chi connectivity index (χ1) is 14.5. The lowest BCUT2D eigenvalue weighted by molar-refractivity contribution is -0.142. The molecule has 31 heavy (non-hydrogen) atoms. The van der Waals surface area contributed by atoms with Gasteiger partial charge >= 0.3 is 5.97 Å². The zero-order valence-corrected chi connectivity index (χ0v) is 19.1. The van der Waals surface area contributed by atoms with E-state index in [0.717, 1.165) is 29.9 Å². The third-order valence-corrected chi connectivity index (χ3v) is 6.50. The van der Waals surface area contributed by atoms with E-state index >= 15 is 0 Å². The standard InChI is InChI=1S/C26H31NO4/c1-16(28)31-15-18-23-19(11-25(2,3)13-21(23)29)27(17-9-7-6-8-10-17)20-12-26(4,5)14-22(30)24(18)20/h6-10,18H,11-15H2,1-5H3. The molecule has 0 bridgehead atoms. The van der Waals surface area contributed by atoms with E-state index in [2.05, 4.69) is 32.6 Å². The summed E-state index contributed by atoms with van der Waals surface area (Å²) in [7, 11) is 0. The zero-order chi connectivity index (χ0) is 22.6. The van der Waals surface area contributed by atoms with Crippen molar-refractivity contribution in [1.29, 1.82) is 0 Å².